The normalized spacial score (nSPS) is 10.8. The van der Waals surface area contributed by atoms with Crippen LogP contribution < -0.4 is 5.32 Å². The number of para-hydroxylation sites is 2. The lowest BCUT2D eigenvalue weighted by molar-refractivity contribution is 0.0950. The molecule has 0 saturated carbocycles. The molecule has 1 aromatic heterocycles. The van der Waals surface area contributed by atoms with E-state index in [-0.39, 0.29) is 11.7 Å². The Balaban J connectivity index is 1.39. The van der Waals surface area contributed by atoms with Crippen molar-refractivity contribution in [1.29, 1.82) is 0 Å². The van der Waals surface area contributed by atoms with Crippen LogP contribution in [0.1, 0.15) is 32.1 Å². The van der Waals surface area contributed by atoms with Crippen LogP contribution in [-0.4, -0.2) is 27.8 Å². The van der Waals surface area contributed by atoms with Gasteiger partial charge in [0.25, 0.3) is 5.91 Å². The second-order valence-corrected chi connectivity index (χ2v) is 6.83. The van der Waals surface area contributed by atoms with Crippen molar-refractivity contribution in [3.8, 4) is 0 Å². The fourth-order valence-corrected chi connectivity index (χ4v) is 3.39. The van der Waals surface area contributed by atoms with Crippen LogP contribution in [0.3, 0.4) is 0 Å². The molecule has 1 N–H and O–H groups in total. The van der Waals surface area contributed by atoms with Crippen molar-refractivity contribution in [3.05, 3.63) is 101 Å². The number of amides is 1. The molecule has 0 saturated heterocycles. The van der Waals surface area contributed by atoms with Crippen LogP contribution in [0.2, 0.25) is 0 Å². The molecule has 0 spiro atoms. The summed E-state index contributed by atoms with van der Waals surface area (Å²) in [6.45, 7) is 3.09. The average Bonchev–Trinajstić information content (AvgIpc) is 3.09. The predicted molar refractivity (Wildman–Crippen MR) is 113 cm³/mol. The van der Waals surface area contributed by atoms with Crippen molar-refractivity contribution in [1.82, 2.24) is 14.9 Å². The molecule has 4 rings (SSSR count). The highest BCUT2D eigenvalue weighted by Gasteiger charge is 2.11. The van der Waals surface area contributed by atoms with Crippen molar-refractivity contribution in [3.63, 3.8) is 0 Å². The third kappa shape index (κ3) is 3.94. The maximum absolute atomic E-state index is 12.5. The predicted octanol–water partition coefficient (Wildman–Crippen LogP) is 4.01. The maximum Gasteiger partial charge on any atom is 0.251 e. The fourth-order valence-electron chi connectivity index (χ4n) is 3.39. The molecule has 0 radical (unpaired) electrons. The number of aryl methyl sites for hydroxylation is 1. The summed E-state index contributed by atoms with van der Waals surface area (Å²) in [6.07, 6.45) is 0. The van der Waals surface area contributed by atoms with Gasteiger partial charge in [-0.15, -0.1) is 0 Å². The molecule has 0 aliphatic carbocycles. The van der Waals surface area contributed by atoms with E-state index in [9.17, 15) is 9.59 Å². The lowest BCUT2D eigenvalue weighted by Crippen LogP contribution is -2.27. The summed E-state index contributed by atoms with van der Waals surface area (Å²) in [5.74, 6) is 0.704. The Morgan fingerprint density at radius 3 is 2.21 bits per heavy atom. The van der Waals surface area contributed by atoms with Gasteiger partial charge in [0, 0.05) is 29.8 Å². The average molecular weight is 383 g/mol. The molecule has 1 amide bonds. The van der Waals surface area contributed by atoms with Gasteiger partial charge in [0.15, 0.2) is 5.78 Å². The van der Waals surface area contributed by atoms with Gasteiger partial charge >= 0.3 is 0 Å². The van der Waals surface area contributed by atoms with Crippen LogP contribution >= 0.6 is 0 Å². The fraction of sp³-hybridized carbons (Fsp3) is 0.125. The summed E-state index contributed by atoms with van der Waals surface area (Å²) in [4.78, 5) is 29.5. The lowest BCUT2D eigenvalue weighted by Gasteiger charge is -2.09. The smallest absolute Gasteiger partial charge is 0.251 e. The van der Waals surface area contributed by atoms with E-state index in [1.807, 2.05) is 49.4 Å². The van der Waals surface area contributed by atoms with E-state index in [0.717, 1.165) is 16.9 Å². The molecule has 5 nitrogen and oxygen atoms in total. The standard InChI is InChI=1S/C24H21N3O2/c1-17-26-21-9-5-6-10-22(21)27(17)16-15-25-24(29)20-13-11-19(12-14-20)23(28)18-7-3-2-4-8-18/h2-14H,15-16H2,1H3,(H,25,29). The number of rotatable bonds is 6. The topological polar surface area (TPSA) is 64.0 Å². The van der Waals surface area contributed by atoms with Gasteiger partial charge in [0.1, 0.15) is 5.82 Å². The first-order valence-corrected chi connectivity index (χ1v) is 9.53. The van der Waals surface area contributed by atoms with Gasteiger partial charge in [0.05, 0.1) is 11.0 Å². The summed E-state index contributed by atoms with van der Waals surface area (Å²) in [5.41, 5.74) is 3.74. The van der Waals surface area contributed by atoms with Crippen LogP contribution in [0.5, 0.6) is 0 Å². The number of ketones is 1. The van der Waals surface area contributed by atoms with Crippen LogP contribution in [-0.2, 0) is 6.54 Å². The zero-order valence-electron chi connectivity index (χ0n) is 16.1. The highest BCUT2D eigenvalue weighted by atomic mass is 16.1. The highest BCUT2D eigenvalue weighted by molar-refractivity contribution is 6.09. The number of nitrogens with one attached hydrogen (secondary N) is 1. The second kappa shape index (κ2) is 8.10. The number of carbonyl (C=O) groups excluding carboxylic acids is 2. The molecule has 29 heavy (non-hydrogen) atoms. The van der Waals surface area contributed by atoms with Crippen molar-refractivity contribution >= 4 is 22.7 Å². The molecule has 144 valence electrons. The number of benzene rings is 3. The van der Waals surface area contributed by atoms with Crippen LogP contribution in [0.4, 0.5) is 0 Å². The van der Waals surface area contributed by atoms with Gasteiger partial charge in [-0.05, 0) is 31.2 Å². The molecule has 0 atom stereocenters. The van der Waals surface area contributed by atoms with Gasteiger partial charge in [-0.25, -0.2) is 4.98 Å². The zero-order valence-corrected chi connectivity index (χ0v) is 16.1. The number of nitrogens with zero attached hydrogens (tertiary/aromatic N) is 2. The molecule has 1 heterocycles. The molecule has 4 aromatic rings. The first-order valence-electron chi connectivity index (χ1n) is 9.53. The van der Waals surface area contributed by atoms with Crippen molar-refractivity contribution in [2.24, 2.45) is 0 Å². The quantitative estimate of drug-likeness (QED) is 0.512. The Hall–Kier alpha value is -3.73. The van der Waals surface area contributed by atoms with E-state index >= 15 is 0 Å². The van der Waals surface area contributed by atoms with Gasteiger partial charge in [-0.1, -0.05) is 54.6 Å². The molecule has 0 bridgehead atoms. The maximum atomic E-state index is 12.5. The summed E-state index contributed by atoms with van der Waals surface area (Å²) < 4.78 is 2.09. The zero-order chi connectivity index (χ0) is 20.2. The Morgan fingerprint density at radius 2 is 1.45 bits per heavy atom. The monoisotopic (exact) mass is 383 g/mol. The molecule has 3 aromatic carbocycles. The van der Waals surface area contributed by atoms with Crippen molar-refractivity contribution in [2.75, 3.05) is 6.54 Å². The van der Waals surface area contributed by atoms with Crippen molar-refractivity contribution < 1.29 is 9.59 Å². The van der Waals surface area contributed by atoms with E-state index in [1.165, 1.54) is 0 Å². The van der Waals surface area contributed by atoms with E-state index in [1.54, 1.807) is 36.4 Å². The lowest BCUT2D eigenvalue weighted by atomic mass is 10.0. The van der Waals surface area contributed by atoms with Gasteiger partial charge < -0.3 is 9.88 Å². The van der Waals surface area contributed by atoms with Gasteiger partial charge in [0.2, 0.25) is 0 Å². The van der Waals surface area contributed by atoms with Crippen LogP contribution in [0.15, 0.2) is 78.9 Å². The van der Waals surface area contributed by atoms with E-state index in [0.29, 0.717) is 29.8 Å². The molecule has 0 fully saturated rings. The Kier molecular flexibility index (Phi) is 5.20. The first kappa shape index (κ1) is 18.6. The number of hydrogen-bond donors (Lipinski definition) is 1. The number of carbonyl (C=O) groups is 2. The van der Waals surface area contributed by atoms with Crippen molar-refractivity contribution in [2.45, 2.75) is 13.5 Å². The minimum Gasteiger partial charge on any atom is -0.350 e. The number of aromatic nitrogens is 2. The third-order valence-electron chi connectivity index (χ3n) is 4.91. The van der Waals surface area contributed by atoms with Crippen LogP contribution in [0, 0.1) is 6.92 Å². The summed E-state index contributed by atoms with van der Waals surface area (Å²) in [6, 6.07) is 23.8. The van der Waals surface area contributed by atoms with Gasteiger partial charge in [-0.3, -0.25) is 9.59 Å². The minimum absolute atomic E-state index is 0.0555. The highest BCUT2D eigenvalue weighted by Crippen LogP contribution is 2.15. The number of hydrogen-bond acceptors (Lipinski definition) is 3. The van der Waals surface area contributed by atoms with E-state index < -0.39 is 0 Å². The molecular weight excluding hydrogens is 362 g/mol. The molecular formula is C24H21N3O2. The van der Waals surface area contributed by atoms with E-state index in [4.69, 9.17) is 0 Å². The summed E-state index contributed by atoms with van der Waals surface area (Å²) >= 11 is 0. The molecule has 0 unspecified atom stereocenters. The Labute approximate surface area is 169 Å². The largest absolute Gasteiger partial charge is 0.350 e. The number of imidazole rings is 1. The summed E-state index contributed by atoms with van der Waals surface area (Å²) in [5, 5.41) is 2.94. The minimum atomic E-state index is -0.161. The van der Waals surface area contributed by atoms with E-state index in [2.05, 4.69) is 14.9 Å². The molecule has 0 aliphatic heterocycles. The summed E-state index contributed by atoms with van der Waals surface area (Å²) in [7, 11) is 0. The SMILES string of the molecule is Cc1nc2ccccc2n1CCNC(=O)c1ccc(C(=O)c2ccccc2)cc1. The van der Waals surface area contributed by atoms with Gasteiger partial charge in [-0.2, -0.15) is 0 Å². The van der Waals surface area contributed by atoms with Crippen LogP contribution in [0.25, 0.3) is 11.0 Å². The molecule has 5 heteroatoms. The first-order chi connectivity index (χ1) is 14.1. The Bertz CT molecular complexity index is 1160. The second-order valence-electron chi connectivity index (χ2n) is 6.83. The Morgan fingerprint density at radius 1 is 0.828 bits per heavy atom. The number of fused-ring (bicyclic) bond motifs is 1. The third-order valence-corrected chi connectivity index (χ3v) is 4.91. The molecule has 0 aliphatic rings.